The summed E-state index contributed by atoms with van der Waals surface area (Å²) < 4.78 is 14.0. The summed E-state index contributed by atoms with van der Waals surface area (Å²) in [6.07, 6.45) is 6.26. The molecule has 6 nitrogen and oxygen atoms in total. The van der Waals surface area contributed by atoms with Gasteiger partial charge in [-0.1, -0.05) is 0 Å². The Bertz CT molecular complexity index is 696. The van der Waals surface area contributed by atoms with Crippen molar-refractivity contribution in [3.05, 3.63) is 42.0 Å². The molecule has 1 atom stereocenters. The van der Waals surface area contributed by atoms with Crippen LogP contribution in [0.3, 0.4) is 0 Å². The Labute approximate surface area is 148 Å². The smallest absolute Gasteiger partial charge is 0.316 e. The average molecular weight is 342 g/mol. The summed E-state index contributed by atoms with van der Waals surface area (Å²) in [4.78, 5) is 11.2. The Morgan fingerprint density at radius 3 is 2.96 bits per heavy atom. The van der Waals surface area contributed by atoms with Crippen molar-refractivity contribution in [3.8, 4) is 6.01 Å². The standard InChI is InChI=1S/C19H26N4O2/c1-15-4-7-20-19(21-15)25-18-13-22(11-16-5-9-24-10-6-16)12-17-3-2-8-23(17)14-18/h2-4,7-8,16,18H,5-6,9-14H2,1H3. The van der Waals surface area contributed by atoms with E-state index in [1.54, 1.807) is 6.20 Å². The van der Waals surface area contributed by atoms with Crippen molar-refractivity contribution < 1.29 is 9.47 Å². The first-order valence-corrected chi connectivity index (χ1v) is 9.17. The molecule has 0 aliphatic carbocycles. The van der Waals surface area contributed by atoms with E-state index in [2.05, 4.69) is 37.8 Å². The van der Waals surface area contributed by atoms with E-state index in [1.807, 2.05) is 13.0 Å². The molecule has 4 rings (SSSR count). The monoisotopic (exact) mass is 342 g/mol. The number of fused-ring (bicyclic) bond motifs is 1. The highest BCUT2D eigenvalue weighted by Gasteiger charge is 2.26. The highest BCUT2D eigenvalue weighted by Crippen LogP contribution is 2.21. The van der Waals surface area contributed by atoms with E-state index in [4.69, 9.17) is 9.47 Å². The van der Waals surface area contributed by atoms with Crippen LogP contribution in [0.25, 0.3) is 0 Å². The number of aromatic nitrogens is 3. The van der Waals surface area contributed by atoms with Crippen molar-refractivity contribution in [2.45, 2.75) is 39.0 Å². The van der Waals surface area contributed by atoms with Crippen LogP contribution in [0.4, 0.5) is 0 Å². The van der Waals surface area contributed by atoms with Crippen LogP contribution >= 0.6 is 0 Å². The molecule has 0 aromatic carbocycles. The number of rotatable bonds is 4. The maximum atomic E-state index is 6.15. The largest absolute Gasteiger partial charge is 0.457 e. The van der Waals surface area contributed by atoms with Gasteiger partial charge in [0, 0.05) is 56.6 Å². The van der Waals surface area contributed by atoms with Gasteiger partial charge in [0.1, 0.15) is 6.10 Å². The summed E-state index contributed by atoms with van der Waals surface area (Å²) in [5, 5.41) is 0. The summed E-state index contributed by atoms with van der Waals surface area (Å²) in [6, 6.07) is 6.70. The molecule has 1 saturated heterocycles. The second kappa shape index (κ2) is 7.54. The molecular weight excluding hydrogens is 316 g/mol. The van der Waals surface area contributed by atoms with E-state index in [9.17, 15) is 0 Å². The fraction of sp³-hybridized carbons (Fsp3) is 0.579. The van der Waals surface area contributed by atoms with Crippen molar-refractivity contribution in [1.82, 2.24) is 19.4 Å². The van der Waals surface area contributed by atoms with Gasteiger partial charge >= 0.3 is 6.01 Å². The highest BCUT2D eigenvalue weighted by molar-refractivity contribution is 5.10. The quantitative estimate of drug-likeness (QED) is 0.853. The molecule has 2 aliphatic heterocycles. The van der Waals surface area contributed by atoms with Crippen molar-refractivity contribution in [1.29, 1.82) is 0 Å². The van der Waals surface area contributed by atoms with Gasteiger partial charge in [-0.25, -0.2) is 9.97 Å². The fourth-order valence-electron chi connectivity index (χ4n) is 3.77. The van der Waals surface area contributed by atoms with Gasteiger partial charge in [0.2, 0.25) is 0 Å². The lowest BCUT2D eigenvalue weighted by Crippen LogP contribution is -2.38. The molecule has 1 fully saturated rings. The second-order valence-corrected chi connectivity index (χ2v) is 7.12. The third-order valence-corrected chi connectivity index (χ3v) is 5.07. The Morgan fingerprint density at radius 1 is 1.24 bits per heavy atom. The van der Waals surface area contributed by atoms with Crippen LogP contribution in [0.5, 0.6) is 6.01 Å². The van der Waals surface area contributed by atoms with Crippen LogP contribution in [-0.2, 0) is 17.8 Å². The summed E-state index contributed by atoms with van der Waals surface area (Å²) >= 11 is 0. The summed E-state index contributed by atoms with van der Waals surface area (Å²) in [6.45, 7) is 7.56. The predicted octanol–water partition coefficient (Wildman–Crippen LogP) is 2.28. The number of nitrogens with zero attached hydrogens (tertiary/aromatic N) is 4. The van der Waals surface area contributed by atoms with Crippen LogP contribution < -0.4 is 4.74 Å². The minimum atomic E-state index is 0.0512. The first-order chi connectivity index (χ1) is 12.3. The van der Waals surface area contributed by atoms with Gasteiger partial charge in [-0.3, -0.25) is 4.90 Å². The van der Waals surface area contributed by atoms with Gasteiger partial charge in [-0.2, -0.15) is 0 Å². The van der Waals surface area contributed by atoms with E-state index in [0.717, 1.165) is 57.9 Å². The molecule has 2 aliphatic rings. The predicted molar refractivity (Wildman–Crippen MR) is 94.4 cm³/mol. The Morgan fingerprint density at radius 2 is 2.12 bits per heavy atom. The highest BCUT2D eigenvalue weighted by atomic mass is 16.5. The van der Waals surface area contributed by atoms with Crippen LogP contribution in [0.1, 0.15) is 24.2 Å². The van der Waals surface area contributed by atoms with Crippen LogP contribution in [0.15, 0.2) is 30.6 Å². The van der Waals surface area contributed by atoms with Gasteiger partial charge in [0.15, 0.2) is 0 Å². The molecule has 0 saturated carbocycles. The SMILES string of the molecule is Cc1ccnc(OC2CN(CC3CCOCC3)Cc3cccn3C2)n1. The number of ether oxygens (including phenoxy) is 2. The number of hydrogen-bond acceptors (Lipinski definition) is 5. The third kappa shape index (κ3) is 4.19. The third-order valence-electron chi connectivity index (χ3n) is 5.07. The zero-order valence-electron chi connectivity index (χ0n) is 14.8. The van der Waals surface area contributed by atoms with Crippen molar-refractivity contribution in [2.24, 2.45) is 5.92 Å². The van der Waals surface area contributed by atoms with E-state index in [0.29, 0.717) is 11.9 Å². The second-order valence-electron chi connectivity index (χ2n) is 7.12. The zero-order valence-corrected chi connectivity index (χ0v) is 14.8. The maximum absolute atomic E-state index is 6.15. The lowest BCUT2D eigenvalue weighted by molar-refractivity contribution is 0.0434. The van der Waals surface area contributed by atoms with Gasteiger partial charge in [-0.05, 0) is 43.9 Å². The molecule has 0 amide bonds. The van der Waals surface area contributed by atoms with Crippen LogP contribution in [-0.4, -0.2) is 51.8 Å². The molecule has 2 aromatic rings. The first kappa shape index (κ1) is 16.5. The van der Waals surface area contributed by atoms with Crippen molar-refractivity contribution in [3.63, 3.8) is 0 Å². The topological polar surface area (TPSA) is 52.4 Å². The molecule has 2 aromatic heterocycles. The van der Waals surface area contributed by atoms with E-state index in [-0.39, 0.29) is 6.10 Å². The summed E-state index contributed by atoms with van der Waals surface area (Å²) in [5.41, 5.74) is 2.28. The van der Waals surface area contributed by atoms with Gasteiger partial charge in [0.05, 0.1) is 6.54 Å². The Hall–Kier alpha value is -1.92. The zero-order chi connectivity index (χ0) is 17.1. The summed E-state index contributed by atoms with van der Waals surface area (Å²) in [7, 11) is 0. The first-order valence-electron chi connectivity index (χ1n) is 9.17. The molecule has 0 N–H and O–H groups in total. The molecule has 0 bridgehead atoms. The molecule has 25 heavy (non-hydrogen) atoms. The molecule has 0 radical (unpaired) electrons. The fourth-order valence-corrected chi connectivity index (χ4v) is 3.77. The van der Waals surface area contributed by atoms with E-state index >= 15 is 0 Å². The van der Waals surface area contributed by atoms with E-state index < -0.39 is 0 Å². The number of aryl methyl sites for hydroxylation is 1. The average Bonchev–Trinajstić information content (AvgIpc) is 2.96. The van der Waals surface area contributed by atoms with Gasteiger partial charge in [0.25, 0.3) is 0 Å². The summed E-state index contributed by atoms with van der Waals surface area (Å²) in [5.74, 6) is 0.714. The lowest BCUT2D eigenvalue weighted by atomic mass is 9.99. The Kier molecular flexibility index (Phi) is 4.99. The van der Waals surface area contributed by atoms with Crippen molar-refractivity contribution >= 4 is 0 Å². The molecule has 1 unspecified atom stereocenters. The molecule has 6 heteroatoms. The van der Waals surface area contributed by atoms with E-state index in [1.165, 1.54) is 5.69 Å². The normalized spacial score (nSPS) is 22.4. The minimum Gasteiger partial charge on any atom is -0.457 e. The minimum absolute atomic E-state index is 0.0512. The molecule has 4 heterocycles. The van der Waals surface area contributed by atoms with Crippen LogP contribution in [0.2, 0.25) is 0 Å². The maximum Gasteiger partial charge on any atom is 0.316 e. The van der Waals surface area contributed by atoms with Gasteiger partial charge in [-0.15, -0.1) is 0 Å². The molecular formula is C19H26N4O2. The lowest BCUT2D eigenvalue weighted by Gasteiger charge is -2.30. The van der Waals surface area contributed by atoms with Crippen molar-refractivity contribution in [2.75, 3.05) is 26.3 Å². The van der Waals surface area contributed by atoms with Gasteiger partial charge < -0.3 is 14.0 Å². The Balaban J connectivity index is 1.48. The molecule has 134 valence electrons. The number of hydrogen-bond donors (Lipinski definition) is 0. The van der Waals surface area contributed by atoms with Crippen LogP contribution in [0, 0.1) is 12.8 Å². The molecule has 0 spiro atoms.